The first-order chi connectivity index (χ1) is 10.7. The van der Waals surface area contributed by atoms with E-state index < -0.39 is 0 Å². The predicted octanol–water partition coefficient (Wildman–Crippen LogP) is 3.12. The Hall–Kier alpha value is -2.49. The Labute approximate surface area is 128 Å². The SMILES string of the molecule is COc1ccc2c(c1C)OC1COc3ccccc3C1C2=O. The molecular weight excluding hydrogens is 280 g/mol. The zero-order valence-corrected chi connectivity index (χ0v) is 12.5. The Kier molecular flexibility index (Phi) is 2.86. The van der Waals surface area contributed by atoms with Crippen LogP contribution in [0.5, 0.6) is 17.2 Å². The second-order valence-electron chi connectivity index (χ2n) is 5.62. The van der Waals surface area contributed by atoms with Crippen molar-refractivity contribution in [3.63, 3.8) is 0 Å². The van der Waals surface area contributed by atoms with E-state index in [4.69, 9.17) is 14.2 Å². The van der Waals surface area contributed by atoms with Crippen LogP contribution in [0.15, 0.2) is 36.4 Å². The molecule has 4 nitrogen and oxygen atoms in total. The van der Waals surface area contributed by atoms with E-state index in [1.165, 1.54) is 0 Å². The van der Waals surface area contributed by atoms with E-state index >= 15 is 0 Å². The topological polar surface area (TPSA) is 44.8 Å². The van der Waals surface area contributed by atoms with Gasteiger partial charge >= 0.3 is 0 Å². The zero-order chi connectivity index (χ0) is 15.3. The smallest absolute Gasteiger partial charge is 0.178 e. The number of hydrogen-bond donors (Lipinski definition) is 0. The molecule has 0 spiro atoms. The van der Waals surface area contributed by atoms with Gasteiger partial charge in [-0.2, -0.15) is 0 Å². The van der Waals surface area contributed by atoms with Gasteiger partial charge in [-0.15, -0.1) is 0 Å². The summed E-state index contributed by atoms with van der Waals surface area (Å²) in [6.07, 6.45) is -0.291. The number of ketones is 1. The molecule has 2 heterocycles. The quantitative estimate of drug-likeness (QED) is 0.811. The Balaban J connectivity index is 1.85. The minimum absolute atomic E-state index is 0.0905. The normalized spacial score (nSPS) is 21.8. The minimum Gasteiger partial charge on any atom is -0.496 e. The van der Waals surface area contributed by atoms with Gasteiger partial charge in [0.15, 0.2) is 5.78 Å². The third-order valence-electron chi connectivity index (χ3n) is 4.42. The van der Waals surface area contributed by atoms with Crippen LogP contribution in [-0.2, 0) is 0 Å². The van der Waals surface area contributed by atoms with E-state index in [-0.39, 0.29) is 17.8 Å². The molecule has 112 valence electrons. The van der Waals surface area contributed by atoms with Crippen LogP contribution in [0.25, 0.3) is 0 Å². The van der Waals surface area contributed by atoms with Gasteiger partial charge < -0.3 is 14.2 Å². The molecule has 0 amide bonds. The summed E-state index contributed by atoms with van der Waals surface area (Å²) in [5, 5.41) is 0. The van der Waals surface area contributed by atoms with Crippen molar-refractivity contribution in [3.8, 4) is 17.2 Å². The number of Topliss-reactive ketones (excluding diaryl/α,β-unsaturated/α-hetero) is 1. The van der Waals surface area contributed by atoms with Crippen molar-refractivity contribution >= 4 is 5.78 Å². The number of fused-ring (bicyclic) bond motifs is 4. The summed E-state index contributed by atoms with van der Waals surface area (Å²) in [7, 11) is 1.61. The molecule has 2 aromatic rings. The lowest BCUT2D eigenvalue weighted by Crippen LogP contribution is -2.43. The number of hydrogen-bond acceptors (Lipinski definition) is 4. The van der Waals surface area contributed by atoms with Gasteiger partial charge in [-0.05, 0) is 25.1 Å². The molecule has 0 saturated heterocycles. The van der Waals surface area contributed by atoms with E-state index in [1.807, 2.05) is 37.3 Å². The fraction of sp³-hybridized carbons (Fsp3) is 0.278. The Morgan fingerprint density at radius 3 is 2.82 bits per heavy atom. The lowest BCUT2D eigenvalue weighted by Gasteiger charge is -2.37. The molecule has 0 aromatic heterocycles. The van der Waals surface area contributed by atoms with E-state index in [2.05, 4.69) is 0 Å². The standard InChI is InChI=1S/C18H16O4/c1-10-13(20-2)8-7-12-17(19)16-11-5-3-4-6-14(11)21-9-15(16)22-18(10)12/h3-8,15-16H,9H2,1-2H3. The molecule has 2 aliphatic heterocycles. The number of ether oxygens (including phenoxy) is 3. The Morgan fingerprint density at radius 2 is 2.00 bits per heavy atom. The van der Waals surface area contributed by atoms with Gasteiger partial charge in [-0.25, -0.2) is 0 Å². The van der Waals surface area contributed by atoms with Crippen molar-refractivity contribution in [1.82, 2.24) is 0 Å². The fourth-order valence-corrected chi connectivity index (χ4v) is 3.31. The molecule has 2 atom stereocenters. The van der Waals surface area contributed by atoms with Crippen LogP contribution in [0.3, 0.4) is 0 Å². The molecule has 0 aliphatic carbocycles. The summed E-state index contributed by atoms with van der Waals surface area (Å²) in [5.41, 5.74) is 2.38. The summed E-state index contributed by atoms with van der Waals surface area (Å²) < 4.78 is 17.2. The number of benzene rings is 2. The highest BCUT2D eigenvalue weighted by Crippen LogP contribution is 2.45. The van der Waals surface area contributed by atoms with Crippen LogP contribution in [0, 0.1) is 6.92 Å². The van der Waals surface area contributed by atoms with Gasteiger partial charge in [0.2, 0.25) is 0 Å². The highest BCUT2D eigenvalue weighted by molar-refractivity contribution is 6.05. The molecule has 0 saturated carbocycles. The molecular formula is C18H16O4. The average molecular weight is 296 g/mol. The van der Waals surface area contributed by atoms with Crippen molar-refractivity contribution in [1.29, 1.82) is 0 Å². The van der Waals surface area contributed by atoms with Crippen LogP contribution in [0.4, 0.5) is 0 Å². The predicted molar refractivity (Wildman–Crippen MR) is 81.2 cm³/mol. The summed E-state index contributed by atoms with van der Waals surface area (Å²) in [6, 6.07) is 11.3. The van der Waals surface area contributed by atoms with Crippen molar-refractivity contribution in [2.24, 2.45) is 0 Å². The van der Waals surface area contributed by atoms with Gasteiger partial charge in [0, 0.05) is 11.1 Å². The molecule has 2 unspecified atom stereocenters. The second-order valence-corrected chi connectivity index (χ2v) is 5.62. The van der Waals surface area contributed by atoms with E-state index in [9.17, 15) is 4.79 Å². The average Bonchev–Trinajstić information content (AvgIpc) is 2.55. The number of carbonyl (C=O) groups excluding carboxylic acids is 1. The van der Waals surface area contributed by atoms with Gasteiger partial charge in [0.1, 0.15) is 30.0 Å². The third kappa shape index (κ3) is 1.73. The Morgan fingerprint density at radius 1 is 1.18 bits per heavy atom. The first kappa shape index (κ1) is 13.2. The largest absolute Gasteiger partial charge is 0.496 e. The van der Waals surface area contributed by atoms with Gasteiger partial charge in [0.05, 0.1) is 18.6 Å². The molecule has 0 bridgehead atoms. The van der Waals surface area contributed by atoms with Crippen molar-refractivity contribution in [2.45, 2.75) is 18.9 Å². The first-order valence-corrected chi connectivity index (χ1v) is 7.31. The van der Waals surface area contributed by atoms with Gasteiger partial charge in [0.25, 0.3) is 0 Å². The highest BCUT2D eigenvalue weighted by atomic mass is 16.5. The maximum atomic E-state index is 13.0. The number of carbonyl (C=O) groups is 1. The third-order valence-corrected chi connectivity index (χ3v) is 4.42. The second kappa shape index (κ2) is 4.77. The number of para-hydroxylation sites is 1. The molecule has 4 heteroatoms. The maximum Gasteiger partial charge on any atom is 0.178 e. The summed E-state index contributed by atoms with van der Waals surface area (Å²) in [4.78, 5) is 13.0. The number of rotatable bonds is 1. The van der Waals surface area contributed by atoms with Crippen LogP contribution < -0.4 is 14.2 Å². The van der Waals surface area contributed by atoms with E-state index in [0.717, 1.165) is 22.6 Å². The van der Waals surface area contributed by atoms with Crippen molar-refractivity contribution < 1.29 is 19.0 Å². The highest BCUT2D eigenvalue weighted by Gasteiger charge is 2.43. The fourth-order valence-electron chi connectivity index (χ4n) is 3.31. The summed E-state index contributed by atoms with van der Waals surface area (Å²) >= 11 is 0. The molecule has 2 aromatic carbocycles. The van der Waals surface area contributed by atoms with Crippen LogP contribution in [0.2, 0.25) is 0 Å². The lowest BCUT2D eigenvalue weighted by atomic mass is 9.81. The summed E-state index contributed by atoms with van der Waals surface area (Å²) in [5.74, 6) is 1.91. The molecule has 0 fully saturated rings. The van der Waals surface area contributed by atoms with Crippen molar-refractivity contribution in [3.05, 3.63) is 53.1 Å². The molecule has 0 radical (unpaired) electrons. The van der Waals surface area contributed by atoms with Gasteiger partial charge in [-0.1, -0.05) is 18.2 Å². The number of methoxy groups -OCH3 is 1. The van der Waals surface area contributed by atoms with Crippen LogP contribution >= 0.6 is 0 Å². The maximum absolute atomic E-state index is 13.0. The van der Waals surface area contributed by atoms with Crippen molar-refractivity contribution in [2.75, 3.05) is 13.7 Å². The molecule has 22 heavy (non-hydrogen) atoms. The first-order valence-electron chi connectivity index (χ1n) is 7.31. The molecule has 0 N–H and O–H groups in total. The zero-order valence-electron chi connectivity index (χ0n) is 12.5. The van der Waals surface area contributed by atoms with Crippen LogP contribution in [0.1, 0.15) is 27.4 Å². The lowest BCUT2D eigenvalue weighted by molar-refractivity contribution is 0.0556. The molecule has 2 aliphatic rings. The Bertz CT molecular complexity index is 766. The van der Waals surface area contributed by atoms with E-state index in [1.54, 1.807) is 13.2 Å². The monoisotopic (exact) mass is 296 g/mol. The van der Waals surface area contributed by atoms with Crippen LogP contribution in [-0.4, -0.2) is 25.6 Å². The van der Waals surface area contributed by atoms with Gasteiger partial charge in [-0.3, -0.25) is 4.79 Å². The molecule has 4 rings (SSSR count). The minimum atomic E-state index is -0.301. The summed E-state index contributed by atoms with van der Waals surface area (Å²) in [6.45, 7) is 2.28. The van der Waals surface area contributed by atoms with E-state index in [0.29, 0.717) is 17.9 Å².